The molecule has 0 radical (unpaired) electrons. The molecule has 1 atom stereocenters. The summed E-state index contributed by atoms with van der Waals surface area (Å²) < 4.78 is 6.44. The van der Waals surface area contributed by atoms with E-state index in [1.54, 1.807) is 0 Å². The Morgan fingerprint density at radius 3 is 2.45 bits per heavy atom. The molecule has 0 aliphatic carbocycles. The molecule has 0 aromatic heterocycles. The van der Waals surface area contributed by atoms with Crippen LogP contribution in [0.5, 0.6) is 0 Å². The molecule has 1 heterocycles. The molecular formula is C28H28O. The standard InChI is InChI=1S/C28H28O/c1-20(2)18-28(16-5-6-17-29-28)19-23-10-7-9-22-13-14-25-24-11-4-3-8-21(24)12-15-26(25)27(22)23/h3-4,7-15,18H,5-6,16-17,19H2,1-2H3. The maximum atomic E-state index is 6.44. The quantitative estimate of drug-likeness (QED) is 0.263. The van der Waals surface area contributed by atoms with Crippen LogP contribution in [-0.4, -0.2) is 12.2 Å². The molecule has 0 amide bonds. The number of benzene rings is 4. The summed E-state index contributed by atoms with van der Waals surface area (Å²) in [5.74, 6) is 0. The first-order chi connectivity index (χ1) is 14.2. The predicted molar refractivity (Wildman–Crippen MR) is 125 cm³/mol. The zero-order valence-electron chi connectivity index (χ0n) is 17.4. The lowest BCUT2D eigenvalue weighted by Gasteiger charge is -2.36. The van der Waals surface area contributed by atoms with Gasteiger partial charge in [-0.15, -0.1) is 0 Å². The Bertz CT molecular complexity index is 1220. The van der Waals surface area contributed by atoms with Gasteiger partial charge in [-0.1, -0.05) is 78.4 Å². The predicted octanol–water partition coefficient (Wildman–Crippen LogP) is 7.59. The van der Waals surface area contributed by atoms with Gasteiger partial charge in [-0.25, -0.2) is 0 Å². The van der Waals surface area contributed by atoms with E-state index in [1.807, 2.05) is 0 Å². The molecule has 1 saturated heterocycles. The fourth-order valence-electron chi connectivity index (χ4n) is 5.13. The molecule has 0 spiro atoms. The van der Waals surface area contributed by atoms with E-state index in [1.165, 1.54) is 56.3 Å². The zero-order valence-corrected chi connectivity index (χ0v) is 17.4. The molecule has 5 rings (SSSR count). The van der Waals surface area contributed by atoms with Crippen molar-refractivity contribution in [2.75, 3.05) is 6.61 Å². The van der Waals surface area contributed by atoms with E-state index < -0.39 is 0 Å². The van der Waals surface area contributed by atoms with Crippen LogP contribution in [0.15, 0.2) is 78.4 Å². The normalized spacial score (nSPS) is 19.7. The van der Waals surface area contributed by atoms with E-state index in [2.05, 4.69) is 86.7 Å². The Labute approximate surface area is 173 Å². The van der Waals surface area contributed by atoms with E-state index in [0.29, 0.717) is 0 Å². The summed E-state index contributed by atoms with van der Waals surface area (Å²) >= 11 is 0. The molecule has 0 N–H and O–H groups in total. The first kappa shape index (κ1) is 18.4. The van der Waals surface area contributed by atoms with Gasteiger partial charge < -0.3 is 4.74 Å². The highest BCUT2D eigenvalue weighted by Gasteiger charge is 2.32. The summed E-state index contributed by atoms with van der Waals surface area (Å²) in [7, 11) is 0. The summed E-state index contributed by atoms with van der Waals surface area (Å²) in [5.41, 5.74) is 2.55. The molecule has 146 valence electrons. The number of hydrogen-bond donors (Lipinski definition) is 0. The second-order valence-corrected chi connectivity index (χ2v) is 8.73. The fourth-order valence-corrected chi connectivity index (χ4v) is 5.13. The van der Waals surface area contributed by atoms with E-state index in [-0.39, 0.29) is 5.60 Å². The third-order valence-corrected chi connectivity index (χ3v) is 6.28. The van der Waals surface area contributed by atoms with Crippen molar-refractivity contribution in [3.63, 3.8) is 0 Å². The summed E-state index contributed by atoms with van der Waals surface area (Å²) in [6.07, 6.45) is 6.80. The van der Waals surface area contributed by atoms with Crippen LogP contribution < -0.4 is 0 Å². The molecule has 0 saturated carbocycles. The molecule has 4 aromatic carbocycles. The SMILES string of the molecule is CC(C)=CC1(Cc2cccc3ccc4c5ccccc5ccc4c23)CCCCO1. The highest BCUT2D eigenvalue weighted by atomic mass is 16.5. The van der Waals surface area contributed by atoms with Crippen molar-refractivity contribution in [1.82, 2.24) is 0 Å². The van der Waals surface area contributed by atoms with Crippen LogP contribution in [0.3, 0.4) is 0 Å². The summed E-state index contributed by atoms with van der Waals surface area (Å²) in [6, 6.07) is 24.6. The molecule has 1 nitrogen and oxygen atoms in total. The summed E-state index contributed by atoms with van der Waals surface area (Å²) in [5, 5.41) is 8.01. The van der Waals surface area contributed by atoms with Gasteiger partial charge in [0.05, 0.1) is 5.60 Å². The summed E-state index contributed by atoms with van der Waals surface area (Å²) in [4.78, 5) is 0. The minimum atomic E-state index is -0.176. The van der Waals surface area contributed by atoms with Gasteiger partial charge in [0.15, 0.2) is 0 Å². The number of hydrogen-bond acceptors (Lipinski definition) is 1. The lowest BCUT2D eigenvalue weighted by molar-refractivity contribution is -0.0428. The molecule has 1 unspecified atom stereocenters. The van der Waals surface area contributed by atoms with Crippen LogP contribution in [0, 0.1) is 0 Å². The van der Waals surface area contributed by atoms with Gasteiger partial charge in [0, 0.05) is 13.0 Å². The molecule has 1 aliphatic heterocycles. The smallest absolute Gasteiger partial charge is 0.0905 e. The highest BCUT2D eigenvalue weighted by Crippen LogP contribution is 2.37. The van der Waals surface area contributed by atoms with Crippen LogP contribution in [0.25, 0.3) is 32.3 Å². The first-order valence-corrected chi connectivity index (χ1v) is 10.8. The molecule has 0 bridgehead atoms. The molecule has 29 heavy (non-hydrogen) atoms. The molecular weight excluding hydrogens is 352 g/mol. The van der Waals surface area contributed by atoms with Gasteiger partial charge in [0.2, 0.25) is 0 Å². The number of fused-ring (bicyclic) bond motifs is 5. The highest BCUT2D eigenvalue weighted by molar-refractivity contribution is 6.18. The van der Waals surface area contributed by atoms with Crippen molar-refractivity contribution in [1.29, 1.82) is 0 Å². The topological polar surface area (TPSA) is 9.23 Å². The minimum absolute atomic E-state index is 0.176. The van der Waals surface area contributed by atoms with Crippen molar-refractivity contribution < 1.29 is 4.74 Å². The molecule has 1 aliphatic rings. The Balaban J connectivity index is 1.74. The number of rotatable bonds is 3. The minimum Gasteiger partial charge on any atom is -0.371 e. The van der Waals surface area contributed by atoms with E-state index in [4.69, 9.17) is 4.74 Å². The van der Waals surface area contributed by atoms with Gasteiger partial charge >= 0.3 is 0 Å². The third-order valence-electron chi connectivity index (χ3n) is 6.28. The number of ether oxygens (including phenoxy) is 1. The van der Waals surface area contributed by atoms with Crippen LogP contribution in [0.1, 0.15) is 38.7 Å². The number of allylic oxidation sites excluding steroid dienone is 1. The third kappa shape index (κ3) is 3.34. The van der Waals surface area contributed by atoms with E-state index >= 15 is 0 Å². The van der Waals surface area contributed by atoms with Gasteiger partial charge in [0.25, 0.3) is 0 Å². The Hall–Kier alpha value is -2.64. The maximum Gasteiger partial charge on any atom is 0.0905 e. The maximum absolute atomic E-state index is 6.44. The molecule has 1 fully saturated rings. The first-order valence-electron chi connectivity index (χ1n) is 10.8. The Kier molecular flexibility index (Phi) is 4.64. The Morgan fingerprint density at radius 2 is 1.62 bits per heavy atom. The van der Waals surface area contributed by atoms with Crippen molar-refractivity contribution in [3.05, 3.63) is 83.9 Å². The molecule has 1 heteroatoms. The average Bonchev–Trinajstić information content (AvgIpc) is 2.73. The second-order valence-electron chi connectivity index (χ2n) is 8.73. The average molecular weight is 381 g/mol. The van der Waals surface area contributed by atoms with Crippen molar-refractivity contribution in [2.45, 2.75) is 45.1 Å². The van der Waals surface area contributed by atoms with E-state index in [0.717, 1.165) is 19.4 Å². The van der Waals surface area contributed by atoms with Crippen molar-refractivity contribution in [3.8, 4) is 0 Å². The van der Waals surface area contributed by atoms with Crippen molar-refractivity contribution >= 4 is 32.3 Å². The lowest BCUT2D eigenvalue weighted by atomic mass is 9.83. The summed E-state index contributed by atoms with van der Waals surface area (Å²) in [6.45, 7) is 5.23. The van der Waals surface area contributed by atoms with Crippen molar-refractivity contribution in [2.24, 2.45) is 0 Å². The van der Waals surface area contributed by atoms with Gasteiger partial charge in [-0.2, -0.15) is 0 Å². The Morgan fingerprint density at radius 1 is 0.828 bits per heavy atom. The lowest BCUT2D eigenvalue weighted by Crippen LogP contribution is -2.37. The van der Waals surface area contributed by atoms with E-state index in [9.17, 15) is 0 Å². The fraction of sp³-hybridized carbons (Fsp3) is 0.286. The van der Waals surface area contributed by atoms with Gasteiger partial charge in [-0.3, -0.25) is 0 Å². The largest absolute Gasteiger partial charge is 0.371 e. The van der Waals surface area contributed by atoms with Crippen LogP contribution >= 0.6 is 0 Å². The van der Waals surface area contributed by atoms with Gasteiger partial charge in [-0.05, 0) is 71.0 Å². The van der Waals surface area contributed by atoms with Crippen LogP contribution in [-0.2, 0) is 11.2 Å². The molecule has 4 aromatic rings. The van der Waals surface area contributed by atoms with Gasteiger partial charge in [0.1, 0.15) is 0 Å². The van der Waals surface area contributed by atoms with Crippen LogP contribution in [0.4, 0.5) is 0 Å². The monoisotopic (exact) mass is 380 g/mol. The zero-order chi connectivity index (χ0) is 19.8. The second kappa shape index (κ2) is 7.31. The van der Waals surface area contributed by atoms with Crippen LogP contribution in [0.2, 0.25) is 0 Å².